The molecule has 0 N–H and O–H groups in total. The van der Waals surface area contributed by atoms with Crippen LogP contribution in [0.2, 0.25) is 0 Å². The highest BCUT2D eigenvalue weighted by atomic mass is 16.5. The minimum absolute atomic E-state index is 0.913. The molecule has 2 heteroatoms. The van der Waals surface area contributed by atoms with E-state index in [1.54, 1.807) is 0 Å². The standard InChI is InChI=1S/C8H17NO/c1-9-5-3-2-4-7-10-8-6-9/h2-8H2,1H3. The normalized spacial score (nSPS) is 24.9. The van der Waals surface area contributed by atoms with Crippen molar-refractivity contribution in [3.8, 4) is 0 Å². The summed E-state index contributed by atoms with van der Waals surface area (Å²) < 4.78 is 5.38. The van der Waals surface area contributed by atoms with Crippen LogP contribution in [0.5, 0.6) is 0 Å². The van der Waals surface area contributed by atoms with Crippen molar-refractivity contribution in [2.24, 2.45) is 0 Å². The second-order valence-corrected chi connectivity index (χ2v) is 2.98. The summed E-state index contributed by atoms with van der Waals surface area (Å²) in [4.78, 5) is 2.34. The van der Waals surface area contributed by atoms with Crippen LogP contribution in [-0.2, 0) is 4.74 Å². The summed E-state index contributed by atoms with van der Waals surface area (Å²) in [6.07, 6.45) is 3.90. The molecule has 1 fully saturated rings. The first kappa shape index (κ1) is 8.02. The number of ether oxygens (including phenoxy) is 1. The molecule has 1 aliphatic heterocycles. The molecule has 0 aromatic rings. The van der Waals surface area contributed by atoms with E-state index in [9.17, 15) is 0 Å². The second-order valence-electron chi connectivity index (χ2n) is 2.98. The number of likely N-dealkylation sites (N-methyl/N-ethyl adjacent to an activating group) is 1. The van der Waals surface area contributed by atoms with Gasteiger partial charge in [-0.05, 0) is 32.9 Å². The average molecular weight is 143 g/mol. The number of rotatable bonds is 0. The van der Waals surface area contributed by atoms with Gasteiger partial charge in [0.15, 0.2) is 0 Å². The van der Waals surface area contributed by atoms with E-state index in [0.717, 1.165) is 19.8 Å². The molecule has 0 bridgehead atoms. The maximum atomic E-state index is 5.38. The van der Waals surface area contributed by atoms with Crippen LogP contribution in [-0.4, -0.2) is 38.3 Å². The molecule has 1 rings (SSSR count). The lowest BCUT2D eigenvalue weighted by atomic mass is 10.2. The van der Waals surface area contributed by atoms with Gasteiger partial charge in [0.05, 0.1) is 6.61 Å². The number of nitrogens with zero attached hydrogens (tertiary/aromatic N) is 1. The quantitative estimate of drug-likeness (QED) is 0.504. The van der Waals surface area contributed by atoms with E-state index in [1.165, 1.54) is 25.8 Å². The molecule has 2 nitrogen and oxygen atoms in total. The van der Waals surface area contributed by atoms with Gasteiger partial charge in [-0.15, -0.1) is 0 Å². The van der Waals surface area contributed by atoms with Crippen LogP contribution >= 0.6 is 0 Å². The molecule has 1 heterocycles. The smallest absolute Gasteiger partial charge is 0.0593 e. The lowest BCUT2D eigenvalue weighted by molar-refractivity contribution is 0.118. The Morgan fingerprint density at radius 1 is 1.00 bits per heavy atom. The molecule has 10 heavy (non-hydrogen) atoms. The molecule has 0 saturated carbocycles. The van der Waals surface area contributed by atoms with Crippen LogP contribution in [0.3, 0.4) is 0 Å². The van der Waals surface area contributed by atoms with Crippen molar-refractivity contribution < 1.29 is 4.74 Å². The molecule has 1 saturated heterocycles. The lowest BCUT2D eigenvalue weighted by Gasteiger charge is -2.13. The molecule has 0 aliphatic carbocycles. The summed E-state index contributed by atoms with van der Waals surface area (Å²) in [5, 5.41) is 0. The van der Waals surface area contributed by atoms with Gasteiger partial charge in [0.2, 0.25) is 0 Å². The Kier molecular flexibility index (Phi) is 3.76. The molecule has 1 aliphatic rings. The Morgan fingerprint density at radius 2 is 1.90 bits per heavy atom. The monoisotopic (exact) mass is 143 g/mol. The van der Waals surface area contributed by atoms with Crippen LogP contribution in [0.15, 0.2) is 0 Å². The van der Waals surface area contributed by atoms with Gasteiger partial charge in [-0.3, -0.25) is 0 Å². The van der Waals surface area contributed by atoms with E-state index < -0.39 is 0 Å². The maximum absolute atomic E-state index is 5.38. The Bertz CT molecular complexity index is 75.3. The van der Waals surface area contributed by atoms with Gasteiger partial charge in [-0.1, -0.05) is 0 Å². The second kappa shape index (κ2) is 4.69. The van der Waals surface area contributed by atoms with Crippen LogP contribution in [0.25, 0.3) is 0 Å². The van der Waals surface area contributed by atoms with Crippen molar-refractivity contribution in [1.82, 2.24) is 4.90 Å². The first-order valence-electron chi connectivity index (χ1n) is 4.16. The van der Waals surface area contributed by atoms with Crippen molar-refractivity contribution >= 4 is 0 Å². The van der Waals surface area contributed by atoms with E-state index in [-0.39, 0.29) is 0 Å². The van der Waals surface area contributed by atoms with Gasteiger partial charge < -0.3 is 9.64 Å². The zero-order valence-electron chi connectivity index (χ0n) is 6.81. The summed E-state index contributed by atoms with van der Waals surface area (Å²) in [6.45, 7) is 4.22. The Labute approximate surface area is 63.2 Å². The molecule has 60 valence electrons. The Morgan fingerprint density at radius 3 is 2.80 bits per heavy atom. The third-order valence-corrected chi connectivity index (χ3v) is 1.95. The third-order valence-electron chi connectivity index (χ3n) is 1.95. The molecule has 0 aromatic heterocycles. The summed E-state index contributed by atoms with van der Waals surface area (Å²) in [5.74, 6) is 0. The van der Waals surface area contributed by atoms with E-state index in [0.29, 0.717) is 0 Å². The summed E-state index contributed by atoms with van der Waals surface area (Å²) >= 11 is 0. The minimum atomic E-state index is 0.913. The van der Waals surface area contributed by atoms with Gasteiger partial charge in [-0.25, -0.2) is 0 Å². The number of hydrogen-bond acceptors (Lipinski definition) is 2. The van der Waals surface area contributed by atoms with Crippen molar-refractivity contribution in [2.45, 2.75) is 19.3 Å². The SMILES string of the molecule is CN1CCCCCOCC1. The minimum Gasteiger partial charge on any atom is -0.380 e. The van der Waals surface area contributed by atoms with Crippen LogP contribution < -0.4 is 0 Å². The summed E-state index contributed by atoms with van der Waals surface area (Å²) in [5.41, 5.74) is 0. The fourth-order valence-corrected chi connectivity index (χ4v) is 1.20. The van der Waals surface area contributed by atoms with Crippen molar-refractivity contribution in [3.05, 3.63) is 0 Å². The highest BCUT2D eigenvalue weighted by Crippen LogP contribution is 2.00. The molecule has 0 radical (unpaired) electrons. The van der Waals surface area contributed by atoms with Crippen LogP contribution in [0.4, 0.5) is 0 Å². The van der Waals surface area contributed by atoms with Gasteiger partial charge in [0.1, 0.15) is 0 Å². The molecule has 0 amide bonds. The molecular weight excluding hydrogens is 126 g/mol. The highest BCUT2D eigenvalue weighted by Gasteiger charge is 2.00. The van der Waals surface area contributed by atoms with Crippen molar-refractivity contribution in [3.63, 3.8) is 0 Å². The Hall–Kier alpha value is -0.0800. The van der Waals surface area contributed by atoms with Crippen molar-refractivity contribution in [2.75, 3.05) is 33.4 Å². The topological polar surface area (TPSA) is 12.5 Å². The molecular formula is C8H17NO. The first-order valence-corrected chi connectivity index (χ1v) is 4.16. The van der Waals surface area contributed by atoms with Gasteiger partial charge in [0, 0.05) is 13.2 Å². The predicted molar refractivity (Wildman–Crippen MR) is 42.2 cm³/mol. The number of hydrogen-bond donors (Lipinski definition) is 0. The highest BCUT2D eigenvalue weighted by molar-refractivity contribution is 4.53. The van der Waals surface area contributed by atoms with E-state index in [2.05, 4.69) is 11.9 Å². The van der Waals surface area contributed by atoms with Crippen LogP contribution in [0.1, 0.15) is 19.3 Å². The van der Waals surface area contributed by atoms with Gasteiger partial charge in [-0.2, -0.15) is 0 Å². The van der Waals surface area contributed by atoms with Crippen molar-refractivity contribution in [1.29, 1.82) is 0 Å². The van der Waals surface area contributed by atoms with E-state index in [1.807, 2.05) is 0 Å². The summed E-state index contributed by atoms with van der Waals surface area (Å²) in [7, 11) is 2.16. The zero-order valence-corrected chi connectivity index (χ0v) is 6.81. The molecule has 0 unspecified atom stereocenters. The largest absolute Gasteiger partial charge is 0.380 e. The lowest BCUT2D eigenvalue weighted by Crippen LogP contribution is -2.23. The predicted octanol–water partition coefficient (Wildman–Crippen LogP) is 1.12. The average Bonchev–Trinajstić information content (AvgIpc) is 2.02. The van der Waals surface area contributed by atoms with Crippen LogP contribution in [0, 0.1) is 0 Å². The molecule has 0 aromatic carbocycles. The van der Waals surface area contributed by atoms with E-state index >= 15 is 0 Å². The Balaban J connectivity index is 2.15. The molecule has 0 spiro atoms. The van der Waals surface area contributed by atoms with E-state index in [4.69, 9.17) is 4.74 Å². The zero-order chi connectivity index (χ0) is 7.23. The van der Waals surface area contributed by atoms with Gasteiger partial charge in [0.25, 0.3) is 0 Å². The maximum Gasteiger partial charge on any atom is 0.0593 e. The third kappa shape index (κ3) is 3.18. The van der Waals surface area contributed by atoms with Gasteiger partial charge >= 0.3 is 0 Å². The fraction of sp³-hybridized carbons (Fsp3) is 1.00. The fourth-order valence-electron chi connectivity index (χ4n) is 1.20. The summed E-state index contributed by atoms with van der Waals surface area (Å²) in [6, 6.07) is 0. The molecule has 0 atom stereocenters. The first-order chi connectivity index (χ1) is 4.89.